The zero-order valence-electron chi connectivity index (χ0n) is 35.6. The number of hydrogen-bond donors (Lipinski definition) is 4. The standard InChI is InChI=1S/C41H77NO11/c1-16-31-41(13,47)35(44)24(5)17-23(4)19-39(11,46)36(53-38-33(43)30(18-25(6)49-38)42(14)21-22(2)3)26(7)34(27(8)37(45)51-31)52-32-20-40(12,48-15)28(9)29(10)50-32/h22-36,38,43-44,46-47H,16-21H2,1-15H3/t23-,24-,25+,26-,27+,28-,29-,30-,31+,32-,33+,34-,35+,36+,38-,39-,40+,41+/m0/s1. The minimum atomic E-state index is -1.73. The van der Waals surface area contributed by atoms with E-state index in [0.717, 1.165) is 6.54 Å². The Morgan fingerprint density at radius 1 is 0.943 bits per heavy atom. The molecule has 4 N–H and O–H groups in total. The summed E-state index contributed by atoms with van der Waals surface area (Å²) in [7, 11) is 3.67. The lowest BCUT2D eigenvalue weighted by Crippen LogP contribution is -2.60. The number of rotatable bonds is 9. The van der Waals surface area contributed by atoms with Crippen molar-refractivity contribution < 1.29 is 53.6 Å². The molecule has 12 nitrogen and oxygen atoms in total. The number of cyclic esters (lactones) is 1. The summed E-state index contributed by atoms with van der Waals surface area (Å²) in [4.78, 5) is 16.3. The number of carbonyl (C=O) groups excluding carboxylic acids is 1. The molecule has 312 valence electrons. The number of likely N-dealkylation sites (N-methyl/N-ethyl adjacent to an activating group) is 1. The molecule has 0 amide bonds. The van der Waals surface area contributed by atoms with E-state index in [9.17, 15) is 25.2 Å². The predicted octanol–water partition coefficient (Wildman–Crippen LogP) is 4.91. The minimum Gasteiger partial charge on any atom is -0.459 e. The van der Waals surface area contributed by atoms with Gasteiger partial charge in [0.15, 0.2) is 12.6 Å². The lowest BCUT2D eigenvalue weighted by atomic mass is 9.74. The highest BCUT2D eigenvalue weighted by atomic mass is 16.7. The molecule has 0 aromatic heterocycles. The molecule has 18 atom stereocenters. The second kappa shape index (κ2) is 18.6. The van der Waals surface area contributed by atoms with Gasteiger partial charge in [0.25, 0.3) is 0 Å². The van der Waals surface area contributed by atoms with Crippen LogP contribution < -0.4 is 0 Å². The van der Waals surface area contributed by atoms with Crippen LogP contribution in [0.5, 0.6) is 0 Å². The summed E-state index contributed by atoms with van der Waals surface area (Å²) < 4.78 is 38.4. The molecule has 3 saturated heterocycles. The van der Waals surface area contributed by atoms with Gasteiger partial charge in [0.2, 0.25) is 0 Å². The number of aliphatic hydroxyl groups excluding tert-OH is 2. The van der Waals surface area contributed by atoms with Gasteiger partial charge >= 0.3 is 5.97 Å². The molecule has 53 heavy (non-hydrogen) atoms. The van der Waals surface area contributed by atoms with Gasteiger partial charge in [-0.1, -0.05) is 48.5 Å². The van der Waals surface area contributed by atoms with Crippen LogP contribution in [0.25, 0.3) is 0 Å². The monoisotopic (exact) mass is 760 g/mol. The lowest BCUT2D eigenvalue weighted by Gasteiger charge is -2.49. The van der Waals surface area contributed by atoms with Crippen LogP contribution in [0, 0.1) is 35.5 Å². The van der Waals surface area contributed by atoms with Gasteiger partial charge in [-0.25, -0.2) is 0 Å². The maximum Gasteiger partial charge on any atom is 0.311 e. The Morgan fingerprint density at radius 2 is 1.57 bits per heavy atom. The molecule has 0 saturated carbocycles. The van der Waals surface area contributed by atoms with E-state index in [4.69, 9.17) is 28.4 Å². The second-order valence-corrected chi connectivity index (χ2v) is 18.4. The molecule has 0 aromatic rings. The van der Waals surface area contributed by atoms with Crippen LogP contribution in [0.1, 0.15) is 122 Å². The van der Waals surface area contributed by atoms with Crippen LogP contribution in [0.4, 0.5) is 0 Å². The number of ether oxygens (including phenoxy) is 6. The number of hydrogen-bond acceptors (Lipinski definition) is 12. The number of methoxy groups -OCH3 is 1. The number of aliphatic hydroxyl groups is 4. The summed E-state index contributed by atoms with van der Waals surface area (Å²) in [5.41, 5.74) is -3.82. The third kappa shape index (κ3) is 10.9. The van der Waals surface area contributed by atoms with E-state index in [0.29, 0.717) is 25.2 Å². The first-order valence-electron chi connectivity index (χ1n) is 20.3. The van der Waals surface area contributed by atoms with Gasteiger partial charge in [-0.2, -0.15) is 0 Å². The van der Waals surface area contributed by atoms with E-state index in [1.54, 1.807) is 21.0 Å². The predicted molar refractivity (Wildman–Crippen MR) is 203 cm³/mol. The molecular formula is C41H77NO11. The summed E-state index contributed by atoms with van der Waals surface area (Å²) in [6.45, 7) is 25.6. The Hall–Kier alpha value is -0.930. The first kappa shape index (κ1) is 46.5. The molecule has 3 rings (SSSR count). The molecule has 12 heteroatoms. The van der Waals surface area contributed by atoms with Gasteiger partial charge in [0, 0.05) is 38.0 Å². The van der Waals surface area contributed by atoms with Gasteiger partial charge in [-0.3, -0.25) is 4.79 Å². The van der Waals surface area contributed by atoms with Gasteiger partial charge in [-0.05, 0) is 92.0 Å². The number of esters is 1. The summed E-state index contributed by atoms with van der Waals surface area (Å²) in [6.07, 6.45) is -5.40. The summed E-state index contributed by atoms with van der Waals surface area (Å²) in [5.74, 6) is -2.29. The van der Waals surface area contributed by atoms with Crippen molar-refractivity contribution in [2.45, 2.75) is 200 Å². The van der Waals surface area contributed by atoms with E-state index >= 15 is 0 Å². The highest BCUT2D eigenvalue weighted by Gasteiger charge is 2.52. The Morgan fingerprint density at radius 3 is 2.13 bits per heavy atom. The first-order chi connectivity index (χ1) is 24.4. The minimum absolute atomic E-state index is 0.0597. The van der Waals surface area contributed by atoms with Crippen LogP contribution in [0.3, 0.4) is 0 Å². The second-order valence-electron chi connectivity index (χ2n) is 18.4. The quantitative estimate of drug-likeness (QED) is 0.236. The van der Waals surface area contributed by atoms with Crippen LogP contribution in [-0.2, 0) is 33.2 Å². The van der Waals surface area contributed by atoms with Crippen molar-refractivity contribution in [2.24, 2.45) is 35.5 Å². The fourth-order valence-electron chi connectivity index (χ4n) is 9.52. The van der Waals surface area contributed by atoms with E-state index < -0.39 is 77.7 Å². The first-order valence-corrected chi connectivity index (χ1v) is 20.3. The normalized spacial score (nSPS) is 48.4. The van der Waals surface area contributed by atoms with E-state index in [1.165, 1.54) is 6.92 Å². The molecule has 0 aromatic carbocycles. The molecule has 3 fully saturated rings. The third-order valence-corrected chi connectivity index (χ3v) is 12.9. The van der Waals surface area contributed by atoms with Crippen LogP contribution >= 0.6 is 0 Å². The molecule has 0 aliphatic carbocycles. The van der Waals surface area contributed by atoms with Gasteiger partial charge in [-0.15, -0.1) is 0 Å². The Bertz CT molecular complexity index is 1150. The maximum atomic E-state index is 14.2. The van der Waals surface area contributed by atoms with Crippen molar-refractivity contribution in [1.29, 1.82) is 0 Å². The van der Waals surface area contributed by atoms with E-state index in [1.807, 2.05) is 55.5 Å². The van der Waals surface area contributed by atoms with Crippen LogP contribution in [0.15, 0.2) is 0 Å². The molecule has 0 bridgehead atoms. The zero-order chi connectivity index (χ0) is 40.4. The molecular weight excluding hydrogens is 682 g/mol. The van der Waals surface area contributed by atoms with Crippen molar-refractivity contribution in [2.75, 3.05) is 20.7 Å². The smallest absolute Gasteiger partial charge is 0.311 e. The Balaban J connectivity index is 2.14. The van der Waals surface area contributed by atoms with Crippen LogP contribution in [0.2, 0.25) is 0 Å². The Labute approximate surface area is 320 Å². The molecule has 3 aliphatic rings. The maximum absolute atomic E-state index is 14.2. The average Bonchev–Trinajstić information content (AvgIpc) is 3.06. The summed E-state index contributed by atoms with van der Waals surface area (Å²) in [6, 6.07) is -0.239. The van der Waals surface area contributed by atoms with Crippen LogP contribution in [-0.4, -0.2) is 130 Å². The fourth-order valence-corrected chi connectivity index (χ4v) is 9.52. The fraction of sp³-hybridized carbons (Fsp3) is 0.976. The van der Waals surface area contributed by atoms with Crippen molar-refractivity contribution in [3.8, 4) is 0 Å². The van der Waals surface area contributed by atoms with Gasteiger partial charge in [0.05, 0.1) is 47.6 Å². The number of carbonyl (C=O) groups is 1. The van der Waals surface area contributed by atoms with E-state index in [2.05, 4.69) is 25.7 Å². The SMILES string of the molecule is CC[C@H]1OC(=O)[C@H](C)[C@@H](O[C@H]2C[C@@](C)(OC)[C@@H](C)[C@H](C)O2)[C@H](C)[C@@H](O[C@@H]2O[C@H](C)C[C@H](N(C)CC(C)C)[C@H]2O)[C@@](C)(O)C[C@@H](C)C[C@H](C)[C@@H](O)[C@]1(C)O. The highest BCUT2D eigenvalue weighted by Crippen LogP contribution is 2.42. The van der Waals surface area contributed by atoms with Gasteiger partial charge < -0.3 is 53.7 Å². The Kier molecular flexibility index (Phi) is 16.3. The molecule has 0 spiro atoms. The third-order valence-electron chi connectivity index (χ3n) is 12.9. The van der Waals surface area contributed by atoms with Crippen molar-refractivity contribution >= 4 is 5.97 Å². The van der Waals surface area contributed by atoms with Crippen molar-refractivity contribution in [3.63, 3.8) is 0 Å². The molecule has 0 radical (unpaired) electrons. The average molecular weight is 760 g/mol. The van der Waals surface area contributed by atoms with Crippen molar-refractivity contribution in [3.05, 3.63) is 0 Å². The summed E-state index contributed by atoms with van der Waals surface area (Å²) >= 11 is 0. The molecule has 0 unspecified atom stereocenters. The van der Waals surface area contributed by atoms with Gasteiger partial charge in [0.1, 0.15) is 17.8 Å². The number of nitrogens with zero attached hydrogens (tertiary/aromatic N) is 1. The molecule has 3 aliphatic heterocycles. The zero-order valence-corrected chi connectivity index (χ0v) is 35.6. The molecule has 3 heterocycles. The summed E-state index contributed by atoms with van der Waals surface area (Å²) in [5, 5.41) is 47.5. The highest BCUT2D eigenvalue weighted by molar-refractivity contribution is 5.73. The van der Waals surface area contributed by atoms with E-state index in [-0.39, 0.29) is 48.8 Å². The topological polar surface area (TPSA) is 157 Å². The largest absolute Gasteiger partial charge is 0.459 e. The van der Waals surface area contributed by atoms with Crippen molar-refractivity contribution in [1.82, 2.24) is 4.90 Å². The lowest BCUT2D eigenvalue weighted by molar-refractivity contribution is -0.314.